The zero-order chi connectivity index (χ0) is 29.0. The fourth-order valence-electron chi connectivity index (χ4n) is 3.98. The largest absolute Gasteiger partial charge is 0.497 e. The molecule has 4 rings (SSSR count). The van der Waals surface area contributed by atoms with Crippen LogP contribution in [0.5, 0.6) is 17.2 Å². The number of esters is 1. The third-order valence-corrected chi connectivity index (χ3v) is 7.94. The third kappa shape index (κ3) is 6.13. The standard InChI is InChI=1S/C29H26ClNO8S/c1-17-5-6-21(13-28(17)40(34,35)31-24-14-23(30)26(37-3)15-27(24)38-4)29(33)39-16-25(32)20-8-7-19-12-22(36-2)10-9-18(19)11-20/h5-15,31H,16H2,1-4H3. The maximum absolute atomic E-state index is 13.3. The first-order chi connectivity index (χ1) is 19.1. The lowest BCUT2D eigenvalue weighted by molar-refractivity contribution is 0.0474. The van der Waals surface area contributed by atoms with Gasteiger partial charge in [0.15, 0.2) is 12.4 Å². The molecule has 0 aromatic heterocycles. The SMILES string of the molecule is COc1ccc2cc(C(=O)COC(=O)c3ccc(C)c(S(=O)(=O)Nc4cc(Cl)c(OC)cc4OC)c3)ccc2c1. The molecule has 0 aliphatic heterocycles. The van der Waals surface area contributed by atoms with Crippen LogP contribution < -0.4 is 18.9 Å². The molecule has 4 aromatic carbocycles. The van der Waals surface area contributed by atoms with Crippen LogP contribution >= 0.6 is 11.6 Å². The number of Topliss-reactive ketones (excluding diaryl/α,β-unsaturated/α-hetero) is 1. The van der Waals surface area contributed by atoms with Crippen molar-refractivity contribution in [3.8, 4) is 17.2 Å². The van der Waals surface area contributed by atoms with Crippen LogP contribution in [0.4, 0.5) is 5.69 Å². The number of carbonyl (C=O) groups is 2. The number of halogens is 1. The first-order valence-corrected chi connectivity index (χ1v) is 13.8. The predicted molar refractivity (Wildman–Crippen MR) is 152 cm³/mol. The first kappa shape index (κ1) is 28.7. The number of sulfonamides is 1. The van der Waals surface area contributed by atoms with E-state index in [-0.39, 0.29) is 26.9 Å². The van der Waals surface area contributed by atoms with E-state index in [1.54, 1.807) is 38.3 Å². The van der Waals surface area contributed by atoms with E-state index >= 15 is 0 Å². The van der Waals surface area contributed by atoms with Crippen molar-refractivity contribution in [1.29, 1.82) is 0 Å². The molecule has 11 heteroatoms. The van der Waals surface area contributed by atoms with Crippen LogP contribution in [0.2, 0.25) is 5.02 Å². The fourth-order valence-corrected chi connectivity index (χ4v) is 5.55. The lowest BCUT2D eigenvalue weighted by Crippen LogP contribution is -2.17. The lowest BCUT2D eigenvalue weighted by atomic mass is 10.0. The van der Waals surface area contributed by atoms with Gasteiger partial charge in [-0.25, -0.2) is 13.2 Å². The Balaban J connectivity index is 1.51. The summed E-state index contributed by atoms with van der Waals surface area (Å²) in [7, 11) is 0.187. The Morgan fingerprint density at radius 2 is 1.48 bits per heavy atom. The Hall–Kier alpha value is -4.28. The van der Waals surface area contributed by atoms with E-state index in [2.05, 4.69) is 4.72 Å². The quantitative estimate of drug-likeness (QED) is 0.187. The number of hydrogen-bond acceptors (Lipinski definition) is 8. The highest BCUT2D eigenvalue weighted by Crippen LogP contribution is 2.37. The van der Waals surface area contributed by atoms with E-state index in [1.165, 1.54) is 44.6 Å². The van der Waals surface area contributed by atoms with Crippen molar-refractivity contribution in [2.24, 2.45) is 0 Å². The summed E-state index contributed by atoms with van der Waals surface area (Å²) in [5.74, 6) is -0.0658. The molecule has 0 amide bonds. The van der Waals surface area contributed by atoms with Crippen LogP contribution in [-0.4, -0.2) is 48.1 Å². The van der Waals surface area contributed by atoms with E-state index in [9.17, 15) is 18.0 Å². The van der Waals surface area contributed by atoms with Gasteiger partial charge in [0.2, 0.25) is 0 Å². The summed E-state index contributed by atoms with van der Waals surface area (Å²) in [5.41, 5.74) is 0.796. The third-order valence-electron chi connectivity index (χ3n) is 6.14. The number of anilines is 1. The number of rotatable bonds is 10. The highest BCUT2D eigenvalue weighted by Gasteiger charge is 2.23. The molecule has 40 heavy (non-hydrogen) atoms. The van der Waals surface area contributed by atoms with E-state index in [4.69, 9.17) is 30.5 Å². The molecule has 0 aliphatic rings. The van der Waals surface area contributed by atoms with Gasteiger partial charge in [-0.05, 0) is 59.7 Å². The minimum absolute atomic E-state index is 0.0379. The summed E-state index contributed by atoms with van der Waals surface area (Å²) in [6.07, 6.45) is 0. The smallest absolute Gasteiger partial charge is 0.338 e. The molecule has 0 bridgehead atoms. The molecule has 0 saturated heterocycles. The number of ether oxygens (including phenoxy) is 4. The van der Waals surface area contributed by atoms with E-state index in [0.717, 1.165) is 10.8 Å². The van der Waals surface area contributed by atoms with Crippen LogP contribution in [0.25, 0.3) is 10.8 Å². The molecule has 208 valence electrons. The molecule has 0 heterocycles. The predicted octanol–water partition coefficient (Wildman–Crippen LogP) is 5.67. The van der Waals surface area contributed by atoms with Crippen LogP contribution in [0.15, 0.2) is 71.6 Å². The first-order valence-electron chi connectivity index (χ1n) is 11.9. The number of benzene rings is 4. The molecule has 0 fully saturated rings. The number of fused-ring (bicyclic) bond motifs is 1. The molecule has 1 N–H and O–H groups in total. The van der Waals surface area contributed by atoms with Crippen molar-refractivity contribution < 1.29 is 37.0 Å². The van der Waals surface area contributed by atoms with Gasteiger partial charge in [0.05, 0.1) is 42.5 Å². The van der Waals surface area contributed by atoms with Gasteiger partial charge in [-0.1, -0.05) is 35.9 Å². The number of hydrogen-bond donors (Lipinski definition) is 1. The Morgan fingerprint density at radius 3 is 2.17 bits per heavy atom. The molecule has 0 spiro atoms. The minimum atomic E-state index is -4.18. The number of nitrogens with one attached hydrogen (secondary N) is 1. The molecular formula is C29H26ClNO8S. The summed E-state index contributed by atoms with van der Waals surface area (Å²) >= 11 is 6.17. The summed E-state index contributed by atoms with van der Waals surface area (Å²) in [6, 6.07) is 17.5. The molecule has 4 aromatic rings. The van der Waals surface area contributed by atoms with Gasteiger partial charge < -0.3 is 18.9 Å². The second-order valence-corrected chi connectivity index (χ2v) is 10.8. The molecule has 0 saturated carbocycles. The maximum atomic E-state index is 13.3. The van der Waals surface area contributed by atoms with Crippen LogP contribution in [0.3, 0.4) is 0 Å². The van der Waals surface area contributed by atoms with Gasteiger partial charge in [0, 0.05) is 11.6 Å². The van der Waals surface area contributed by atoms with Gasteiger partial charge in [-0.2, -0.15) is 0 Å². The molecule has 0 aliphatic carbocycles. The molecule has 0 unspecified atom stereocenters. The maximum Gasteiger partial charge on any atom is 0.338 e. The van der Waals surface area contributed by atoms with Crippen molar-refractivity contribution in [3.05, 3.63) is 88.4 Å². The van der Waals surface area contributed by atoms with Gasteiger partial charge in [-0.3, -0.25) is 9.52 Å². The number of ketones is 1. The molecule has 9 nitrogen and oxygen atoms in total. The zero-order valence-electron chi connectivity index (χ0n) is 22.1. The van der Waals surface area contributed by atoms with E-state index in [0.29, 0.717) is 22.6 Å². The average Bonchev–Trinajstić information content (AvgIpc) is 2.95. The number of aryl methyl sites for hydroxylation is 1. The van der Waals surface area contributed by atoms with Gasteiger partial charge >= 0.3 is 5.97 Å². The fraction of sp³-hybridized carbons (Fsp3) is 0.172. The number of methoxy groups -OCH3 is 3. The Kier molecular flexibility index (Phi) is 8.51. The van der Waals surface area contributed by atoms with E-state index in [1.807, 2.05) is 12.1 Å². The Bertz CT molecular complexity index is 1720. The van der Waals surface area contributed by atoms with Crippen molar-refractivity contribution in [1.82, 2.24) is 0 Å². The van der Waals surface area contributed by atoms with Crippen molar-refractivity contribution in [2.45, 2.75) is 11.8 Å². The summed E-state index contributed by atoms with van der Waals surface area (Å²) in [5, 5.41) is 1.89. The monoisotopic (exact) mass is 583 g/mol. The van der Waals surface area contributed by atoms with Crippen molar-refractivity contribution in [2.75, 3.05) is 32.7 Å². The highest BCUT2D eigenvalue weighted by molar-refractivity contribution is 7.92. The summed E-state index contributed by atoms with van der Waals surface area (Å²) in [4.78, 5) is 25.3. The Labute approximate surface area is 236 Å². The highest BCUT2D eigenvalue weighted by atomic mass is 35.5. The molecule has 0 atom stereocenters. The average molecular weight is 584 g/mol. The lowest BCUT2D eigenvalue weighted by Gasteiger charge is -2.15. The normalized spacial score (nSPS) is 11.1. The van der Waals surface area contributed by atoms with Gasteiger partial charge in [0.1, 0.15) is 17.2 Å². The van der Waals surface area contributed by atoms with E-state index < -0.39 is 28.4 Å². The molecular weight excluding hydrogens is 558 g/mol. The minimum Gasteiger partial charge on any atom is -0.497 e. The zero-order valence-corrected chi connectivity index (χ0v) is 23.7. The van der Waals surface area contributed by atoms with Crippen LogP contribution in [-0.2, 0) is 14.8 Å². The summed E-state index contributed by atoms with van der Waals surface area (Å²) in [6.45, 7) is 1.07. The second kappa shape index (κ2) is 11.8. The Morgan fingerprint density at radius 1 is 0.800 bits per heavy atom. The van der Waals surface area contributed by atoms with Crippen molar-refractivity contribution in [3.63, 3.8) is 0 Å². The number of carbonyl (C=O) groups excluding carboxylic acids is 2. The second-order valence-electron chi connectivity index (χ2n) is 8.70. The van der Waals surface area contributed by atoms with Crippen LogP contribution in [0, 0.1) is 6.92 Å². The summed E-state index contributed by atoms with van der Waals surface area (Å²) < 4.78 is 49.8. The van der Waals surface area contributed by atoms with Gasteiger partial charge in [0.25, 0.3) is 10.0 Å². The van der Waals surface area contributed by atoms with Crippen molar-refractivity contribution >= 4 is 49.8 Å². The molecule has 0 radical (unpaired) electrons. The van der Waals surface area contributed by atoms with Gasteiger partial charge in [-0.15, -0.1) is 0 Å². The topological polar surface area (TPSA) is 117 Å². The van der Waals surface area contributed by atoms with Crippen LogP contribution in [0.1, 0.15) is 26.3 Å².